The Balaban J connectivity index is 1.79. The number of pyridine rings is 2. The summed E-state index contributed by atoms with van der Waals surface area (Å²) in [4.78, 5) is 22.5. The molecule has 2 aromatic heterocycles. The molecule has 0 aliphatic carbocycles. The normalized spacial score (nSPS) is 15.9. The first kappa shape index (κ1) is 23.9. The van der Waals surface area contributed by atoms with Gasteiger partial charge < -0.3 is 19.5 Å². The van der Waals surface area contributed by atoms with Crippen molar-refractivity contribution < 1.29 is 14.9 Å². The number of aliphatic hydroxyl groups excluding tert-OH is 1. The zero-order valence-electron chi connectivity index (χ0n) is 19.7. The maximum Gasteiger partial charge on any atom is 0.259 e. The lowest BCUT2D eigenvalue weighted by molar-refractivity contribution is 0.0931. The summed E-state index contributed by atoms with van der Waals surface area (Å²) in [6.07, 6.45) is 3.45. The molecule has 8 nitrogen and oxygen atoms in total. The topological polar surface area (TPSA) is 91.1 Å². The molecule has 0 unspecified atom stereocenters. The van der Waals surface area contributed by atoms with Gasteiger partial charge in [-0.3, -0.25) is 19.6 Å². The van der Waals surface area contributed by atoms with Crippen LogP contribution in [0.25, 0.3) is 0 Å². The van der Waals surface area contributed by atoms with E-state index >= 15 is 0 Å². The number of aryl methyl sites for hydroxylation is 1. The predicted molar refractivity (Wildman–Crippen MR) is 130 cm³/mol. The summed E-state index contributed by atoms with van der Waals surface area (Å²) in [5, 5.41) is 20.4. The highest BCUT2D eigenvalue weighted by molar-refractivity contribution is 5.43. The summed E-state index contributed by atoms with van der Waals surface area (Å²) in [5.74, 6) is 0.694. The molecule has 4 rings (SSSR count). The summed E-state index contributed by atoms with van der Waals surface area (Å²) in [6, 6.07) is 12.7. The van der Waals surface area contributed by atoms with E-state index in [1.807, 2.05) is 43.3 Å². The molecular weight excluding hydrogens is 432 g/mol. The first-order valence-electron chi connectivity index (χ1n) is 11.5. The molecule has 0 saturated carbocycles. The lowest BCUT2D eigenvalue weighted by Gasteiger charge is -2.39. The highest BCUT2D eigenvalue weighted by atomic mass is 16.5. The Hall–Kier alpha value is -3.20. The summed E-state index contributed by atoms with van der Waals surface area (Å²) in [6.45, 7) is 5.92. The van der Waals surface area contributed by atoms with Crippen LogP contribution in [0.4, 0.5) is 0 Å². The third-order valence-electron chi connectivity index (χ3n) is 6.46. The summed E-state index contributed by atoms with van der Waals surface area (Å²) in [5.41, 5.74) is 2.64. The van der Waals surface area contributed by atoms with E-state index in [0.717, 1.165) is 24.2 Å². The third kappa shape index (κ3) is 5.14. The number of hydrogen-bond acceptors (Lipinski definition) is 7. The smallest absolute Gasteiger partial charge is 0.259 e. The Morgan fingerprint density at radius 3 is 2.59 bits per heavy atom. The average Bonchev–Trinajstić information content (AvgIpc) is 2.86. The molecule has 0 radical (unpaired) electrons. The summed E-state index contributed by atoms with van der Waals surface area (Å²) in [7, 11) is 1.62. The minimum absolute atomic E-state index is 0.00413. The van der Waals surface area contributed by atoms with E-state index in [4.69, 9.17) is 4.74 Å². The molecular formula is C26H32N4O4. The van der Waals surface area contributed by atoms with Crippen molar-refractivity contribution in [3.63, 3.8) is 0 Å². The van der Waals surface area contributed by atoms with Gasteiger partial charge in [-0.2, -0.15) is 0 Å². The molecule has 1 saturated heterocycles. The van der Waals surface area contributed by atoms with Gasteiger partial charge in [0.15, 0.2) is 0 Å². The average molecular weight is 465 g/mol. The first-order chi connectivity index (χ1) is 16.5. The molecule has 3 heterocycles. The van der Waals surface area contributed by atoms with E-state index in [-0.39, 0.29) is 17.9 Å². The van der Waals surface area contributed by atoms with Crippen LogP contribution >= 0.6 is 0 Å². The quantitative estimate of drug-likeness (QED) is 0.527. The number of rotatable bonds is 8. The zero-order chi connectivity index (χ0) is 24.1. The van der Waals surface area contributed by atoms with E-state index in [1.54, 1.807) is 30.1 Å². The Kier molecular flexibility index (Phi) is 7.62. The van der Waals surface area contributed by atoms with E-state index in [2.05, 4.69) is 14.8 Å². The van der Waals surface area contributed by atoms with E-state index in [9.17, 15) is 15.0 Å². The Morgan fingerprint density at radius 1 is 1.12 bits per heavy atom. The molecule has 180 valence electrons. The molecule has 1 atom stereocenters. The van der Waals surface area contributed by atoms with Crippen LogP contribution in [-0.2, 0) is 6.54 Å². The number of aliphatic hydroxyl groups is 1. The van der Waals surface area contributed by atoms with Crippen molar-refractivity contribution in [2.24, 2.45) is 0 Å². The van der Waals surface area contributed by atoms with Crippen LogP contribution in [0.1, 0.15) is 28.4 Å². The second-order valence-corrected chi connectivity index (χ2v) is 8.62. The molecule has 1 fully saturated rings. The Morgan fingerprint density at radius 2 is 1.91 bits per heavy atom. The van der Waals surface area contributed by atoms with Crippen molar-refractivity contribution in [2.75, 3.05) is 46.4 Å². The van der Waals surface area contributed by atoms with Gasteiger partial charge in [0.25, 0.3) is 5.56 Å². The van der Waals surface area contributed by atoms with Gasteiger partial charge in [-0.05, 0) is 42.3 Å². The summed E-state index contributed by atoms with van der Waals surface area (Å²) < 4.78 is 7.15. The molecule has 1 aromatic carbocycles. The van der Waals surface area contributed by atoms with Gasteiger partial charge in [-0.15, -0.1) is 0 Å². The lowest BCUT2D eigenvalue weighted by atomic mass is 9.95. The number of aromatic nitrogens is 2. The van der Waals surface area contributed by atoms with E-state index in [0.29, 0.717) is 43.2 Å². The van der Waals surface area contributed by atoms with Crippen molar-refractivity contribution in [1.29, 1.82) is 0 Å². The van der Waals surface area contributed by atoms with Gasteiger partial charge in [0, 0.05) is 50.8 Å². The molecule has 0 bridgehead atoms. The number of methoxy groups -OCH3 is 1. The lowest BCUT2D eigenvalue weighted by Crippen LogP contribution is -2.49. The number of ether oxygens (including phenoxy) is 1. The van der Waals surface area contributed by atoms with Crippen molar-refractivity contribution in [3.8, 4) is 11.5 Å². The minimum atomic E-state index is -0.431. The van der Waals surface area contributed by atoms with E-state index < -0.39 is 6.04 Å². The molecule has 3 aromatic rings. The molecule has 34 heavy (non-hydrogen) atoms. The van der Waals surface area contributed by atoms with Crippen molar-refractivity contribution in [3.05, 3.63) is 87.6 Å². The molecule has 1 aliphatic heterocycles. The number of hydrogen-bond donors (Lipinski definition) is 2. The van der Waals surface area contributed by atoms with Crippen LogP contribution in [0.15, 0.2) is 59.7 Å². The van der Waals surface area contributed by atoms with Crippen LogP contribution in [0.2, 0.25) is 0 Å². The van der Waals surface area contributed by atoms with Crippen molar-refractivity contribution >= 4 is 0 Å². The Labute approximate surface area is 199 Å². The Bertz CT molecular complexity index is 1160. The largest absolute Gasteiger partial charge is 0.507 e. The standard InChI is InChI=1S/C26H32N4O4/c1-19-15-23(32)24(26(33)30(19)18-20-5-4-8-27-17-20)25(21-6-3-7-22(16-21)34-2)29-11-9-28(10-12-29)13-14-31/h3-8,15-17,25,31-32H,9-14,18H2,1-2H3/t25-/m1/s1. The third-order valence-corrected chi connectivity index (χ3v) is 6.46. The van der Waals surface area contributed by atoms with Gasteiger partial charge in [-0.1, -0.05) is 18.2 Å². The maximum absolute atomic E-state index is 13.9. The second kappa shape index (κ2) is 10.8. The predicted octanol–water partition coefficient (Wildman–Crippen LogP) is 2.01. The molecule has 8 heteroatoms. The fourth-order valence-electron chi connectivity index (χ4n) is 4.65. The monoisotopic (exact) mass is 464 g/mol. The van der Waals surface area contributed by atoms with Gasteiger partial charge in [0.1, 0.15) is 11.5 Å². The van der Waals surface area contributed by atoms with Crippen LogP contribution in [0, 0.1) is 6.92 Å². The number of aromatic hydroxyl groups is 1. The molecule has 1 aliphatic rings. The van der Waals surface area contributed by atoms with Crippen molar-refractivity contribution in [1.82, 2.24) is 19.4 Å². The van der Waals surface area contributed by atoms with E-state index in [1.165, 1.54) is 0 Å². The zero-order valence-corrected chi connectivity index (χ0v) is 19.7. The number of piperazine rings is 1. The fourth-order valence-corrected chi connectivity index (χ4v) is 4.65. The van der Waals surface area contributed by atoms with Crippen LogP contribution in [-0.4, -0.2) is 76.0 Å². The highest BCUT2D eigenvalue weighted by Gasteiger charge is 2.31. The second-order valence-electron chi connectivity index (χ2n) is 8.62. The molecule has 0 amide bonds. The van der Waals surface area contributed by atoms with Crippen LogP contribution in [0.5, 0.6) is 11.5 Å². The molecule has 2 N–H and O–H groups in total. The number of benzene rings is 1. The van der Waals surface area contributed by atoms with Gasteiger partial charge >= 0.3 is 0 Å². The van der Waals surface area contributed by atoms with Gasteiger partial charge in [0.05, 0.1) is 31.9 Å². The van der Waals surface area contributed by atoms with Gasteiger partial charge in [-0.25, -0.2) is 0 Å². The number of nitrogens with zero attached hydrogens (tertiary/aromatic N) is 4. The maximum atomic E-state index is 13.9. The minimum Gasteiger partial charge on any atom is -0.507 e. The number of β-amino-alcohol motifs (C(OH)–C–C–N with tert-alkyl or cyclic N) is 1. The summed E-state index contributed by atoms with van der Waals surface area (Å²) >= 11 is 0. The molecule has 0 spiro atoms. The fraction of sp³-hybridized carbons (Fsp3) is 0.385. The highest BCUT2D eigenvalue weighted by Crippen LogP contribution is 2.34. The van der Waals surface area contributed by atoms with Crippen molar-refractivity contribution in [2.45, 2.75) is 19.5 Å². The van der Waals surface area contributed by atoms with Crippen LogP contribution in [0.3, 0.4) is 0 Å². The van der Waals surface area contributed by atoms with Crippen LogP contribution < -0.4 is 10.3 Å². The van der Waals surface area contributed by atoms with Gasteiger partial charge in [0.2, 0.25) is 0 Å². The first-order valence-corrected chi connectivity index (χ1v) is 11.5. The SMILES string of the molecule is COc1cccc([C@H](c2c(O)cc(C)n(Cc3cccnc3)c2=O)N2CCN(CCO)CC2)c1.